The smallest absolute Gasteiger partial charge is 0.320 e. The van der Waals surface area contributed by atoms with Crippen LogP contribution in [0.1, 0.15) is 25.7 Å². The minimum absolute atomic E-state index is 0.153. The van der Waals surface area contributed by atoms with Gasteiger partial charge in [-0.15, -0.1) is 0 Å². The summed E-state index contributed by atoms with van der Waals surface area (Å²) < 4.78 is 9.90. The summed E-state index contributed by atoms with van der Waals surface area (Å²) in [6.07, 6.45) is 2.48. The lowest BCUT2D eigenvalue weighted by atomic mass is 9.72. The van der Waals surface area contributed by atoms with Crippen molar-refractivity contribution in [3.8, 4) is 0 Å². The second kappa shape index (κ2) is 5.88. The fourth-order valence-electron chi connectivity index (χ4n) is 2.98. The van der Waals surface area contributed by atoms with Crippen LogP contribution in [0.2, 0.25) is 0 Å². The van der Waals surface area contributed by atoms with Crippen LogP contribution in [0.5, 0.6) is 0 Å². The maximum Gasteiger partial charge on any atom is 0.320 e. The number of likely N-dealkylation sites (tertiary alicyclic amines) is 1. The summed E-state index contributed by atoms with van der Waals surface area (Å²) in [6, 6.07) is -0.576. The third-order valence-electron chi connectivity index (χ3n) is 4.21. The molecule has 0 aromatic rings. The van der Waals surface area contributed by atoms with Crippen LogP contribution in [0.15, 0.2) is 0 Å². The largest absolute Gasteiger partial charge is 0.480 e. The molecular formula is C13H21NO5. The van der Waals surface area contributed by atoms with Gasteiger partial charge in [-0.25, -0.2) is 0 Å². The number of methoxy groups -OCH3 is 1. The standard InChI is InChI=1S/C13H21NO5/c1-18-11(15)3-2-10(12(16)17)14-8-13(9-14)4-6-19-7-5-13/h10H,2-9H2,1H3,(H,16,17). The lowest BCUT2D eigenvalue weighted by molar-refractivity contribution is -0.155. The average Bonchev–Trinajstić information content (AvgIpc) is 2.37. The number of rotatable bonds is 5. The van der Waals surface area contributed by atoms with Gasteiger partial charge in [0, 0.05) is 38.1 Å². The van der Waals surface area contributed by atoms with Gasteiger partial charge in [0.05, 0.1) is 7.11 Å². The number of carboxylic acids is 1. The first-order valence-corrected chi connectivity index (χ1v) is 6.68. The highest BCUT2D eigenvalue weighted by molar-refractivity contribution is 5.75. The molecule has 2 aliphatic heterocycles. The Morgan fingerprint density at radius 3 is 2.53 bits per heavy atom. The molecule has 2 heterocycles. The molecule has 0 bridgehead atoms. The van der Waals surface area contributed by atoms with E-state index in [1.54, 1.807) is 0 Å². The van der Waals surface area contributed by atoms with Crippen LogP contribution in [0, 0.1) is 5.41 Å². The van der Waals surface area contributed by atoms with Gasteiger partial charge in [-0.1, -0.05) is 0 Å². The highest BCUT2D eigenvalue weighted by atomic mass is 16.5. The zero-order chi connectivity index (χ0) is 13.9. The normalized spacial score (nSPS) is 23.6. The Hall–Kier alpha value is -1.14. The monoisotopic (exact) mass is 271 g/mol. The molecule has 0 radical (unpaired) electrons. The van der Waals surface area contributed by atoms with Crippen molar-refractivity contribution in [3.63, 3.8) is 0 Å². The van der Waals surface area contributed by atoms with E-state index < -0.39 is 12.0 Å². The van der Waals surface area contributed by atoms with Gasteiger partial charge in [-0.2, -0.15) is 0 Å². The molecule has 2 fully saturated rings. The average molecular weight is 271 g/mol. The zero-order valence-corrected chi connectivity index (χ0v) is 11.3. The molecule has 6 heteroatoms. The number of carbonyl (C=O) groups is 2. The molecule has 19 heavy (non-hydrogen) atoms. The maximum atomic E-state index is 11.3. The van der Waals surface area contributed by atoms with E-state index in [2.05, 4.69) is 4.74 Å². The number of nitrogens with zero attached hydrogens (tertiary/aromatic N) is 1. The van der Waals surface area contributed by atoms with Crippen LogP contribution >= 0.6 is 0 Å². The van der Waals surface area contributed by atoms with Crippen molar-refractivity contribution < 1.29 is 24.2 Å². The van der Waals surface area contributed by atoms with Crippen molar-refractivity contribution in [2.75, 3.05) is 33.4 Å². The molecule has 2 aliphatic rings. The Balaban J connectivity index is 1.84. The van der Waals surface area contributed by atoms with Crippen molar-refractivity contribution in [1.29, 1.82) is 0 Å². The fraction of sp³-hybridized carbons (Fsp3) is 0.846. The van der Waals surface area contributed by atoms with E-state index in [0.717, 1.165) is 39.1 Å². The van der Waals surface area contributed by atoms with Gasteiger partial charge in [0.1, 0.15) is 6.04 Å². The molecule has 1 atom stereocenters. The van der Waals surface area contributed by atoms with Crippen LogP contribution in [0.4, 0.5) is 0 Å². The van der Waals surface area contributed by atoms with Crippen molar-refractivity contribution in [2.24, 2.45) is 5.41 Å². The van der Waals surface area contributed by atoms with Crippen molar-refractivity contribution in [3.05, 3.63) is 0 Å². The molecule has 0 amide bonds. The Kier molecular flexibility index (Phi) is 4.42. The van der Waals surface area contributed by atoms with Crippen LogP contribution in [0.25, 0.3) is 0 Å². The quantitative estimate of drug-likeness (QED) is 0.734. The number of hydrogen-bond acceptors (Lipinski definition) is 5. The molecule has 0 aliphatic carbocycles. The second-order valence-electron chi connectivity index (χ2n) is 5.49. The summed E-state index contributed by atoms with van der Waals surface area (Å²) in [7, 11) is 1.32. The number of carboxylic acid groups (broad SMARTS) is 1. The minimum atomic E-state index is -0.856. The Morgan fingerprint density at radius 1 is 1.37 bits per heavy atom. The van der Waals surface area contributed by atoms with Gasteiger partial charge >= 0.3 is 11.9 Å². The number of hydrogen-bond donors (Lipinski definition) is 1. The first-order valence-electron chi connectivity index (χ1n) is 6.68. The molecule has 2 saturated heterocycles. The molecule has 1 unspecified atom stereocenters. The first-order chi connectivity index (χ1) is 9.06. The number of aliphatic carboxylic acids is 1. The predicted molar refractivity (Wildman–Crippen MR) is 66.7 cm³/mol. The van der Waals surface area contributed by atoms with E-state index in [-0.39, 0.29) is 17.8 Å². The summed E-state index contributed by atoms with van der Waals surface area (Å²) in [4.78, 5) is 24.4. The molecule has 0 saturated carbocycles. The van der Waals surface area contributed by atoms with E-state index in [1.165, 1.54) is 7.11 Å². The van der Waals surface area contributed by atoms with E-state index in [0.29, 0.717) is 6.42 Å². The highest BCUT2D eigenvalue weighted by Crippen LogP contribution is 2.41. The second-order valence-corrected chi connectivity index (χ2v) is 5.49. The van der Waals surface area contributed by atoms with Crippen LogP contribution in [-0.4, -0.2) is 61.4 Å². The summed E-state index contributed by atoms with van der Waals surface area (Å²) in [5.74, 6) is -1.21. The minimum Gasteiger partial charge on any atom is -0.480 e. The molecular weight excluding hydrogens is 250 g/mol. The van der Waals surface area contributed by atoms with E-state index in [9.17, 15) is 14.7 Å². The molecule has 6 nitrogen and oxygen atoms in total. The number of ether oxygens (including phenoxy) is 2. The van der Waals surface area contributed by atoms with Crippen molar-refractivity contribution >= 4 is 11.9 Å². The Labute approximate surface area is 112 Å². The molecule has 0 aromatic carbocycles. The van der Waals surface area contributed by atoms with Gasteiger partial charge < -0.3 is 14.6 Å². The fourth-order valence-corrected chi connectivity index (χ4v) is 2.98. The van der Waals surface area contributed by atoms with Crippen molar-refractivity contribution in [2.45, 2.75) is 31.7 Å². The molecule has 108 valence electrons. The number of carbonyl (C=O) groups excluding carboxylic acids is 1. The summed E-state index contributed by atoms with van der Waals surface area (Å²) >= 11 is 0. The number of esters is 1. The van der Waals surface area contributed by atoms with E-state index >= 15 is 0 Å². The molecule has 0 aromatic heterocycles. The molecule has 1 spiro atoms. The topological polar surface area (TPSA) is 76.1 Å². The third kappa shape index (κ3) is 3.25. The van der Waals surface area contributed by atoms with Crippen LogP contribution < -0.4 is 0 Å². The Bertz CT molecular complexity index is 343. The highest BCUT2D eigenvalue weighted by Gasteiger charge is 2.47. The summed E-state index contributed by atoms with van der Waals surface area (Å²) in [6.45, 7) is 3.14. The first kappa shape index (κ1) is 14.3. The lowest BCUT2D eigenvalue weighted by Crippen LogP contribution is -2.63. The Morgan fingerprint density at radius 2 is 2.00 bits per heavy atom. The van der Waals surface area contributed by atoms with Gasteiger partial charge in [-0.3, -0.25) is 14.5 Å². The molecule has 2 rings (SSSR count). The lowest BCUT2D eigenvalue weighted by Gasteiger charge is -2.54. The van der Waals surface area contributed by atoms with Crippen LogP contribution in [0.3, 0.4) is 0 Å². The van der Waals surface area contributed by atoms with Gasteiger partial charge in [0.25, 0.3) is 0 Å². The summed E-state index contributed by atoms with van der Waals surface area (Å²) in [5, 5.41) is 9.26. The zero-order valence-electron chi connectivity index (χ0n) is 11.3. The van der Waals surface area contributed by atoms with Gasteiger partial charge in [-0.05, 0) is 19.3 Å². The maximum absolute atomic E-state index is 11.3. The molecule has 1 N–H and O–H groups in total. The SMILES string of the molecule is COC(=O)CCC(C(=O)O)N1CC2(CCOCC2)C1. The van der Waals surface area contributed by atoms with Crippen LogP contribution in [-0.2, 0) is 19.1 Å². The predicted octanol–water partition coefficient (Wildman–Crippen LogP) is 0.505. The third-order valence-corrected chi connectivity index (χ3v) is 4.21. The van der Waals surface area contributed by atoms with Crippen molar-refractivity contribution in [1.82, 2.24) is 4.90 Å². The van der Waals surface area contributed by atoms with Gasteiger partial charge in [0.15, 0.2) is 0 Å². The van der Waals surface area contributed by atoms with E-state index in [4.69, 9.17) is 4.74 Å². The summed E-state index contributed by atoms with van der Waals surface area (Å²) in [5.41, 5.74) is 0.247. The van der Waals surface area contributed by atoms with Gasteiger partial charge in [0.2, 0.25) is 0 Å². The van der Waals surface area contributed by atoms with E-state index in [1.807, 2.05) is 4.90 Å².